The highest BCUT2D eigenvalue weighted by molar-refractivity contribution is 7.15. The molecule has 0 aliphatic rings. The molecule has 0 atom stereocenters. The topological polar surface area (TPSA) is 60.2 Å². The van der Waals surface area contributed by atoms with Gasteiger partial charge < -0.3 is 15.8 Å². The molecule has 3 N–H and O–H groups in total. The minimum absolute atomic E-state index is 0.536. The molecule has 0 aliphatic carbocycles. The van der Waals surface area contributed by atoms with Crippen LogP contribution in [0.1, 0.15) is 17.5 Å². The number of nitrogens with one attached hydrogen (secondary N) is 1. The molecule has 74 valence electrons. The number of methoxy groups -OCH3 is 1. The minimum atomic E-state index is 0.536. The van der Waals surface area contributed by atoms with Crippen LogP contribution in [-0.4, -0.2) is 18.6 Å². The maximum absolute atomic E-state index is 5.61. The van der Waals surface area contributed by atoms with Crippen LogP contribution >= 0.6 is 11.3 Å². The number of nitrogens with two attached hydrogens (primary N) is 1. The van der Waals surface area contributed by atoms with E-state index in [1.807, 2.05) is 0 Å². The van der Waals surface area contributed by atoms with Crippen molar-refractivity contribution in [1.29, 1.82) is 0 Å². The maximum Gasteiger partial charge on any atom is 0.180 e. The van der Waals surface area contributed by atoms with Gasteiger partial charge in [0.2, 0.25) is 0 Å². The third-order valence-corrected chi connectivity index (χ3v) is 2.54. The lowest BCUT2D eigenvalue weighted by molar-refractivity contribution is 0.181. The van der Waals surface area contributed by atoms with Crippen LogP contribution in [-0.2, 0) is 17.9 Å². The number of ether oxygens (including phenoxy) is 1. The molecular formula is C8H15N3OS. The van der Waals surface area contributed by atoms with Crippen molar-refractivity contribution >= 4 is 16.5 Å². The summed E-state index contributed by atoms with van der Waals surface area (Å²) in [6, 6.07) is 0. The molecule has 0 radical (unpaired) electrons. The highest BCUT2D eigenvalue weighted by Gasteiger charge is 2.07. The van der Waals surface area contributed by atoms with Gasteiger partial charge in [-0.1, -0.05) is 6.92 Å². The second kappa shape index (κ2) is 5.16. The Morgan fingerprint density at radius 1 is 1.62 bits per heavy atom. The monoisotopic (exact) mass is 201 g/mol. The second-order valence-corrected chi connectivity index (χ2v) is 3.75. The Morgan fingerprint density at radius 3 is 3.00 bits per heavy atom. The normalized spacial score (nSPS) is 10.6. The quantitative estimate of drug-likeness (QED) is 0.745. The van der Waals surface area contributed by atoms with Crippen molar-refractivity contribution in [3.8, 4) is 0 Å². The van der Waals surface area contributed by atoms with Gasteiger partial charge in [0.25, 0.3) is 0 Å². The predicted octanol–water partition coefficient (Wildman–Crippen LogP) is 0.981. The van der Waals surface area contributed by atoms with Crippen LogP contribution in [0.3, 0.4) is 0 Å². The Hall–Kier alpha value is -0.650. The van der Waals surface area contributed by atoms with Crippen LogP contribution in [0.5, 0.6) is 0 Å². The summed E-state index contributed by atoms with van der Waals surface area (Å²) in [5.74, 6) is 0. The summed E-state index contributed by atoms with van der Waals surface area (Å²) in [7, 11) is 1.66. The predicted molar refractivity (Wildman–Crippen MR) is 54.6 cm³/mol. The smallest absolute Gasteiger partial charge is 0.180 e. The third-order valence-electron chi connectivity index (χ3n) is 1.61. The zero-order valence-electron chi connectivity index (χ0n) is 7.96. The van der Waals surface area contributed by atoms with Crippen molar-refractivity contribution in [2.24, 2.45) is 0 Å². The van der Waals surface area contributed by atoms with Crippen molar-refractivity contribution in [1.82, 2.24) is 10.3 Å². The van der Waals surface area contributed by atoms with E-state index in [1.54, 1.807) is 7.11 Å². The average Bonchev–Trinajstić information content (AvgIpc) is 2.44. The summed E-state index contributed by atoms with van der Waals surface area (Å²) in [6.45, 7) is 4.38. The summed E-state index contributed by atoms with van der Waals surface area (Å²) >= 11 is 1.52. The van der Waals surface area contributed by atoms with E-state index < -0.39 is 0 Å². The van der Waals surface area contributed by atoms with E-state index in [4.69, 9.17) is 10.5 Å². The molecule has 0 saturated carbocycles. The van der Waals surface area contributed by atoms with Gasteiger partial charge in [0, 0.05) is 18.5 Å². The molecule has 0 spiro atoms. The highest BCUT2D eigenvalue weighted by atomic mass is 32.1. The fourth-order valence-electron chi connectivity index (χ4n) is 1.03. The Labute approximate surface area is 82.1 Å². The SMILES string of the molecule is CCNCc1sc(N)nc1COC. The van der Waals surface area contributed by atoms with Crippen molar-refractivity contribution in [3.05, 3.63) is 10.6 Å². The summed E-state index contributed by atoms with van der Waals surface area (Å²) in [4.78, 5) is 5.35. The molecular weight excluding hydrogens is 186 g/mol. The molecule has 1 aromatic rings. The number of hydrogen-bond donors (Lipinski definition) is 2. The summed E-state index contributed by atoms with van der Waals surface area (Å²) in [5.41, 5.74) is 6.56. The standard InChI is InChI=1S/C8H15N3OS/c1-3-10-4-7-6(5-12-2)11-8(9)13-7/h10H,3-5H2,1-2H3,(H2,9,11). The molecule has 0 amide bonds. The van der Waals surface area contributed by atoms with Gasteiger partial charge in [-0.3, -0.25) is 0 Å². The molecule has 13 heavy (non-hydrogen) atoms. The summed E-state index contributed by atoms with van der Waals surface area (Å²) < 4.78 is 5.02. The molecule has 1 aromatic heterocycles. The first-order valence-corrected chi connectivity index (χ1v) is 5.03. The second-order valence-electron chi connectivity index (χ2n) is 2.64. The third kappa shape index (κ3) is 2.95. The first kappa shape index (κ1) is 10.4. The van der Waals surface area contributed by atoms with Gasteiger partial charge in [-0.15, -0.1) is 11.3 Å². The zero-order valence-corrected chi connectivity index (χ0v) is 8.78. The number of aromatic nitrogens is 1. The minimum Gasteiger partial charge on any atom is -0.378 e. The van der Waals surface area contributed by atoms with E-state index in [0.717, 1.165) is 18.8 Å². The van der Waals surface area contributed by atoms with Gasteiger partial charge in [0.1, 0.15) is 0 Å². The fourth-order valence-corrected chi connectivity index (χ4v) is 1.83. The highest BCUT2D eigenvalue weighted by Crippen LogP contribution is 2.20. The van der Waals surface area contributed by atoms with Gasteiger partial charge in [-0.25, -0.2) is 4.98 Å². The molecule has 4 nitrogen and oxygen atoms in total. The van der Waals surface area contributed by atoms with Crippen LogP contribution in [0.15, 0.2) is 0 Å². The van der Waals surface area contributed by atoms with Crippen molar-refractivity contribution in [2.45, 2.75) is 20.1 Å². The van der Waals surface area contributed by atoms with E-state index in [0.29, 0.717) is 11.7 Å². The van der Waals surface area contributed by atoms with Crippen LogP contribution in [0, 0.1) is 0 Å². The summed E-state index contributed by atoms with van der Waals surface area (Å²) in [6.07, 6.45) is 0. The number of anilines is 1. The number of nitrogen functional groups attached to an aromatic ring is 1. The Balaban J connectivity index is 2.66. The Kier molecular flexibility index (Phi) is 4.14. The molecule has 5 heteroatoms. The Morgan fingerprint density at radius 2 is 2.38 bits per heavy atom. The van der Waals surface area contributed by atoms with Crippen LogP contribution in [0.4, 0.5) is 5.13 Å². The van der Waals surface area contributed by atoms with Gasteiger partial charge in [0.15, 0.2) is 5.13 Å². The van der Waals surface area contributed by atoms with Crippen molar-refractivity contribution in [2.75, 3.05) is 19.4 Å². The van der Waals surface area contributed by atoms with E-state index >= 15 is 0 Å². The van der Waals surface area contributed by atoms with E-state index in [1.165, 1.54) is 16.2 Å². The van der Waals surface area contributed by atoms with Crippen molar-refractivity contribution in [3.63, 3.8) is 0 Å². The molecule has 0 saturated heterocycles. The van der Waals surface area contributed by atoms with Crippen LogP contribution in [0.2, 0.25) is 0 Å². The molecule has 0 fully saturated rings. The van der Waals surface area contributed by atoms with Gasteiger partial charge in [-0.2, -0.15) is 0 Å². The van der Waals surface area contributed by atoms with E-state index in [-0.39, 0.29) is 0 Å². The lowest BCUT2D eigenvalue weighted by Crippen LogP contribution is -2.12. The first-order valence-electron chi connectivity index (χ1n) is 4.21. The fraction of sp³-hybridized carbons (Fsp3) is 0.625. The maximum atomic E-state index is 5.61. The van der Waals surface area contributed by atoms with Crippen LogP contribution < -0.4 is 11.1 Å². The lowest BCUT2D eigenvalue weighted by Gasteiger charge is -2.00. The molecule has 0 aliphatic heterocycles. The van der Waals surface area contributed by atoms with Gasteiger partial charge >= 0.3 is 0 Å². The molecule has 0 unspecified atom stereocenters. The van der Waals surface area contributed by atoms with Crippen LogP contribution in [0.25, 0.3) is 0 Å². The number of nitrogens with zero attached hydrogens (tertiary/aromatic N) is 1. The van der Waals surface area contributed by atoms with Gasteiger partial charge in [-0.05, 0) is 6.54 Å². The molecule has 0 aromatic carbocycles. The molecule has 1 heterocycles. The lowest BCUT2D eigenvalue weighted by atomic mass is 10.3. The van der Waals surface area contributed by atoms with E-state index in [2.05, 4.69) is 17.2 Å². The van der Waals surface area contributed by atoms with Gasteiger partial charge in [0.05, 0.1) is 12.3 Å². The zero-order chi connectivity index (χ0) is 9.68. The molecule has 1 rings (SSSR count). The number of thiazole rings is 1. The molecule has 0 bridgehead atoms. The summed E-state index contributed by atoms with van der Waals surface area (Å²) in [5, 5.41) is 3.85. The van der Waals surface area contributed by atoms with Crippen molar-refractivity contribution < 1.29 is 4.74 Å². The Bertz CT molecular complexity index is 262. The average molecular weight is 201 g/mol. The van der Waals surface area contributed by atoms with E-state index in [9.17, 15) is 0 Å². The number of hydrogen-bond acceptors (Lipinski definition) is 5. The number of rotatable bonds is 5. The largest absolute Gasteiger partial charge is 0.378 e. The first-order chi connectivity index (χ1) is 6.27.